The second-order valence-electron chi connectivity index (χ2n) is 4.14. The van der Waals surface area contributed by atoms with Crippen LogP contribution >= 0.6 is 11.8 Å². The maximum absolute atomic E-state index is 5.80. The van der Waals surface area contributed by atoms with Gasteiger partial charge in [-0.15, -0.1) is 0 Å². The summed E-state index contributed by atoms with van der Waals surface area (Å²) in [5.41, 5.74) is 10.0. The average molecular weight is 260 g/mol. The normalized spacial score (nSPS) is 10.6. The third kappa shape index (κ3) is 2.79. The number of anilines is 1. The van der Waals surface area contributed by atoms with Crippen LogP contribution < -0.4 is 5.73 Å². The average Bonchev–Trinajstić information content (AvgIpc) is 2.35. The van der Waals surface area contributed by atoms with Gasteiger partial charge in [-0.05, 0) is 32.4 Å². The number of thioether (sulfide) groups is 1. The number of pyridine rings is 1. The second kappa shape index (κ2) is 5.35. The van der Waals surface area contributed by atoms with Crippen molar-refractivity contribution in [3.8, 4) is 0 Å². The summed E-state index contributed by atoms with van der Waals surface area (Å²) >= 11 is 1.58. The number of hydrogen-bond acceptors (Lipinski definition) is 5. The molecule has 0 fully saturated rings. The van der Waals surface area contributed by atoms with Crippen LogP contribution in [0, 0.1) is 20.8 Å². The number of nitrogen functional groups attached to an aromatic ring is 1. The van der Waals surface area contributed by atoms with E-state index >= 15 is 0 Å². The van der Waals surface area contributed by atoms with Gasteiger partial charge in [0, 0.05) is 28.9 Å². The van der Waals surface area contributed by atoms with E-state index in [1.807, 2.05) is 32.9 Å². The Balaban J connectivity index is 2.14. The molecule has 2 N–H and O–H groups in total. The third-order valence-electron chi connectivity index (χ3n) is 2.89. The minimum absolute atomic E-state index is 0.575. The molecule has 2 rings (SSSR count). The summed E-state index contributed by atoms with van der Waals surface area (Å²) in [6, 6.07) is 3.86. The standard InChI is InChI=1S/C13H16N4S/c1-8-9(2)16-13(17-10(8)3)18-7-11-5-4-6-15-12(11)14/h4-6H,7H2,1-3H3,(H2,14,15). The molecule has 2 aromatic rings. The first-order chi connectivity index (χ1) is 8.58. The Hall–Kier alpha value is -1.62. The number of nitrogens with zero attached hydrogens (tertiary/aromatic N) is 3. The lowest BCUT2D eigenvalue weighted by atomic mass is 10.2. The van der Waals surface area contributed by atoms with Gasteiger partial charge in [-0.25, -0.2) is 15.0 Å². The van der Waals surface area contributed by atoms with Crippen molar-refractivity contribution in [2.24, 2.45) is 0 Å². The lowest BCUT2D eigenvalue weighted by molar-refractivity contribution is 0.880. The zero-order valence-corrected chi connectivity index (χ0v) is 11.6. The number of aromatic nitrogens is 3. The highest BCUT2D eigenvalue weighted by molar-refractivity contribution is 7.98. The Labute approximate surface area is 111 Å². The van der Waals surface area contributed by atoms with Gasteiger partial charge in [0.2, 0.25) is 0 Å². The molecule has 94 valence electrons. The predicted octanol–water partition coefficient (Wildman–Crippen LogP) is 2.67. The minimum atomic E-state index is 0.575. The van der Waals surface area contributed by atoms with E-state index in [4.69, 9.17) is 5.73 Å². The molecule has 2 heterocycles. The molecule has 4 nitrogen and oxygen atoms in total. The van der Waals surface area contributed by atoms with Crippen molar-refractivity contribution in [2.45, 2.75) is 31.7 Å². The van der Waals surface area contributed by atoms with Gasteiger partial charge in [0.05, 0.1) is 0 Å². The third-order valence-corrected chi connectivity index (χ3v) is 3.79. The van der Waals surface area contributed by atoms with Crippen LogP contribution in [0.4, 0.5) is 5.82 Å². The van der Waals surface area contributed by atoms with Crippen LogP contribution in [0.3, 0.4) is 0 Å². The van der Waals surface area contributed by atoms with Crippen LogP contribution in [0.2, 0.25) is 0 Å². The molecular weight excluding hydrogens is 244 g/mol. The Morgan fingerprint density at radius 1 is 1.17 bits per heavy atom. The number of aryl methyl sites for hydroxylation is 2. The summed E-state index contributed by atoms with van der Waals surface area (Å²) in [5, 5.41) is 0.791. The molecule has 0 saturated heterocycles. The van der Waals surface area contributed by atoms with E-state index in [1.54, 1.807) is 18.0 Å². The molecule has 0 spiro atoms. The highest BCUT2D eigenvalue weighted by atomic mass is 32.2. The molecule has 0 saturated carbocycles. The first-order valence-electron chi connectivity index (χ1n) is 5.72. The summed E-state index contributed by atoms with van der Waals surface area (Å²) in [5.74, 6) is 1.31. The highest BCUT2D eigenvalue weighted by Gasteiger charge is 2.06. The van der Waals surface area contributed by atoms with Gasteiger partial charge in [0.25, 0.3) is 0 Å². The summed E-state index contributed by atoms with van der Waals surface area (Å²) in [6.07, 6.45) is 1.69. The largest absolute Gasteiger partial charge is 0.383 e. The lowest BCUT2D eigenvalue weighted by Crippen LogP contribution is -1.99. The van der Waals surface area contributed by atoms with Crippen LogP contribution in [0.15, 0.2) is 23.5 Å². The first kappa shape index (κ1) is 12.8. The van der Waals surface area contributed by atoms with Gasteiger partial charge < -0.3 is 5.73 Å². The summed E-state index contributed by atoms with van der Waals surface area (Å²) in [7, 11) is 0. The molecule has 5 heteroatoms. The number of hydrogen-bond donors (Lipinski definition) is 1. The van der Waals surface area contributed by atoms with Gasteiger partial charge >= 0.3 is 0 Å². The van der Waals surface area contributed by atoms with E-state index in [2.05, 4.69) is 15.0 Å². The van der Waals surface area contributed by atoms with Gasteiger partial charge in [0.1, 0.15) is 5.82 Å². The molecular formula is C13H16N4S. The van der Waals surface area contributed by atoms with Gasteiger partial charge in [-0.1, -0.05) is 17.8 Å². The van der Waals surface area contributed by atoms with Crippen LogP contribution in [0.5, 0.6) is 0 Å². The molecule has 18 heavy (non-hydrogen) atoms. The van der Waals surface area contributed by atoms with Gasteiger partial charge in [-0.2, -0.15) is 0 Å². The van der Waals surface area contributed by atoms with Crippen molar-refractivity contribution in [1.29, 1.82) is 0 Å². The molecule has 0 radical (unpaired) electrons. The fourth-order valence-electron chi connectivity index (χ4n) is 1.52. The Morgan fingerprint density at radius 2 is 1.83 bits per heavy atom. The van der Waals surface area contributed by atoms with Crippen molar-refractivity contribution in [3.05, 3.63) is 40.8 Å². The lowest BCUT2D eigenvalue weighted by Gasteiger charge is -2.07. The number of nitrogens with two attached hydrogens (primary N) is 1. The molecule has 0 atom stereocenters. The quantitative estimate of drug-likeness (QED) is 0.679. The van der Waals surface area contributed by atoms with E-state index < -0.39 is 0 Å². The van der Waals surface area contributed by atoms with Crippen molar-refractivity contribution in [1.82, 2.24) is 15.0 Å². The topological polar surface area (TPSA) is 64.7 Å². The van der Waals surface area contributed by atoms with E-state index in [1.165, 1.54) is 0 Å². The van der Waals surface area contributed by atoms with Crippen LogP contribution in [-0.4, -0.2) is 15.0 Å². The predicted molar refractivity (Wildman–Crippen MR) is 74.5 cm³/mol. The van der Waals surface area contributed by atoms with Crippen LogP contribution in [0.25, 0.3) is 0 Å². The maximum Gasteiger partial charge on any atom is 0.188 e. The van der Waals surface area contributed by atoms with E-state index in [9.17, 15) is 0 Å². The van der Waals surface area contributed by atoms with E-state index in [0.717, 1.165) is 33.4 Å². The Morgan fingerprint density at radius 3 is 2.44 bits per heavy atom. The van der Waals surface area contributed by atoms with E-state index in [0.29, 0.717) is 5.82 Å². The summed E-state index contributed by atoms with van der Waals surface area (Å²) < 4.78 is 0. The minimum Gasteiger partial charge on any atom is -0.383 e. The Bertz CT molecular complexity index is 546. The van der Waals surface area contributed by atoms with Crippen LogP contribution in [0.1, 0.15) is 22.5 Å². The maximum atomic E-state index is 5.80. The van der Waals surface area contributed by atoms with Crippen molar-refractivity contribution in [2.75, 3.05) is 5.73 Å². The molecule has 0 aliphatic heterocycles. The Kier molecular flexibility index (Phi) is 3.81. The first-order valence-corrected chi connectivity index (χ1v) is 6.70. The van der Waals surface area contributed by atoms with Crippen molar-refractivity contribution in [3.63, 3.8) is 0 Å². The summed E-state index contributed by atoms with van der Waals surface area (Å²) in [4.78, 5) is 13.0. The molecule has 0 aliphatic carbocycles. The fraction of sp³-hybridized carbons (Fsp3) is 0.308. The molecule has 0 bridgehead atoms. The summed E-state index contributed by atoms with van der Waals surface area (Å²) in [6.45, 7) is 6.05. The SMILES string of the molecule is Cc1nc(SCc2cccnc2N)nc(C)c1C. The smallest absolute Gasteiger partial charge is 0.188 e. The molecule has 0 aliphatic rings. The zero-order chi connectivity index (χ0) is 13.1. The van der Waals surface area contributed by atoms with Crippen molar-refractivity contribution >= 4 is 17.6 Å². The number of rotatable bonds is 3. The van der Waals surface area contributed by atoms with E-state index in [-0.39, 0.29) is 0 Å². The van der Waals surface area contributed by atoms with Crippen LogP contribution in [-0.2, 0) is 5.75 Å². The fourth-order valence-corrected chi connectivity index (χ4v) is 2.45. The van der Waals surface area contributed by atoms with Gasteiger partial charge in [0.15, 0.2) is 5.16 Å². The van der Waals surface area contributed by atoms with Crippen molar-refractivity contribution < 1.29 is 0 Å². The van der Waals surface area contributed by atoms with Gasteiger partial charge in [-0.3, -0.25) is 0 Å². The monoisotopic (exact) mass is 260 g/mol. The molecule has 2 aromatic heterocycles. The highest BCUT2D eigenvalue weighted by Crippen LogP contribution is 2.23. The molecule has 0 aromatic carbocycles. The second-order valence-corrected chi connectivity index (χ2v) is 5.08. The molecule has 0 amide bonds. The zero-order valence-electron chi connectivity index (χ0n) is 10.8. The molecule has 0 unspecified atom stereocenters.